The van der Waals surface area contributed by atoms with Gasteiger partial charge >= 0.3 is 0 Å². The molecule has 2 fully saturated rings. The van der Waals surface area contributed by atoms with Crippen molar-refractivity contribution in [3.05, 3.63) is 29.8 Å². The highest BCUT2D eigenvalue weighted by Crippen LogP contribution is 2.30. The largest absolute Gasteiger partial charge is 0.336 e. The fourth-order valence-electron chi connectivity index (χ4n) is 2.71. The molecule has 0 spiro atoms. The second-order valence-electron chi connectivity index (χ2n) is 6.25. The van der Waals surface area contributed by atoms with Crippen LogP contribution in [0.1, 0.15) is 23.2 Å². The second kappa shape index (κ2) is 7.43. The molecule has 1 aliphatic carbocycles. The number of amides is 2. The average Bonchev–Trinajstić information content (AvgIpc) is 3.47. The number of halogens is 1. The Morgan fingerprint density at radius 1 is 1.08 bits per heavy atom. The Hall–Kier alpha value is -1.45. The molecule has 0 bridgehead atoms. The van der Waals surface area contributed by atoms with Crippen LogP contribution >= 0.6 is 15.9 Å². The minimum Gasteiger partial charge on any atom is -0.336 e. The van der Waals surface area contributed by atoms with Crippen molar-refractivity contribution in [2.75, 3.05) is 36.2 Å². The van der Waals surface area contributed by atoms with Gasteiger partial charge < -0.3 is 10.2 Å². The van der Waals surface area contributed by atoms with Crippen LogP contribution in [0, 0.1) is 5.92 Å². The van der Waals surface area contributed by atoms with E-state index in [9.17, 15) is 18.0 Å². The normalized spacial score (nSPS) is 18.8. The van der Waals surface area contributed by atoms with Crippen LogP contribution in [0.25, 0.3) is 0 Å². The fourth-order valence-corrected chi connectivity index (χ4v) is 4.43. The van der Waals surface area contributed by atoms with Gasteiger partial charge in [-0.25, -0.2) is 8.42 Å². The molecule has 2 amide bonds. The highest BCUT2D eigenvalue weighted by molar-refractivity contribution is 9.10. The number of alkyl halides is 1. The topological polar surface area (TPSA) is 86.8 Å². The van der Waals surface area contributed by atoms with Crippen LogP contribution in [-0.4, -0.2) is 60.3 Å². The van der Waals surface area contributed by atoms with Crippen molar-refractivity contribution in [2.24, 2.45) is 5.92 Å². The lowest BCUT2D eigenvalue weighted by Crippen LogP contribution is -2.50. The standard InChI is InChI=1S/C16H20BrN3O4S/c17-11-25(23,24)20-9-7-19(8-10-20)16(22)13-3-5-14(6-4-13)18-15(21)12-1-2-12/h3-6,12H,1-2,7-11H2,(H,18,21). The number of nitrogens with one attached hydrogen (secondary N) is 1. The lowest BCUT2D eigenvalue weighted by molar-refractivity contribution is -0.117. The first kappa shape index (κ1) is 18.3. The third-order valence-corrected chi connectivity index (χ3v) is 7.57. The first-order valence-electron chi connectivity index (χ1n) is 8.15. The van der Waals surface area contributed by atoms with Gasteiger partial charge in [0.1, 0.15) is 4.66 Å². The van der Waals surface area contributed by atoms with E-state index in [0.29, 0.717) is 37.4 Å². The molecule has 9 heteroatoms. The van der Waals surface area contributed by atoms with Crippen molar-refractivity contribution in [1.82, 2.24) is 9.21 Å². The van der Waals surface area contributed by atoms with Gasteiger partial charge in [0.25, 0.3) is 5.91 Å². The van der Waals surface area contributed by atoms with Gasteiger partial charge in [0.2, 0.25) is 15.9 Å². The number of nitrogens with zero attached hydrogens (tertiary/aromatic N) is 2. The summed E-state index contributed by atoms with van der Waals surface area (Å²) in [7, 11) is -3.28. The Labute approximate surface area is 155 Å². The summed E-state index contributed by atoms with van der Waals surface area (Å²) in [5.74, 6) is 0.0348. The minimum atomic E-state index is -3.28. The first-order chi connectivity index (χ1) is 11.9. The summed E-state index contributed by atoms with van der Waals surface area (Å²) in [6.07, 6.45) is 1.89. The quantitative estimate of drug-likeness (QED) is 0.717. The minimum absolute atomic E-state index is 0.0307. The van der Waals surface area contributed by atoms with Crippen molar-refractivity contribution >= 4 is 43.5 Å². The number of sulfonamides is 1. The molecule has 7 nitrogen and oxygen atoms in total. The highest BCUT2D eigenvalue weighted by Gasteiger charge is 2.30. The average molecular weight is 430 g/mol. The summed E-state index contributed by atoms with van der Waals surface area (Å²) < 4.78 is 24.9. The smallest absolute Gasteiger partial charge is 0.253 e. The third kappa shape index (κ3) is 4.39. The Kier molecular flexibility index (Phi) is 5.45. The zero-order chi connectivity index (χ0) is 18.0. The van der Waals surface area contributed by atoms with Gasteiger partial charge in [-0.15, -0.1) is 0 Å². The van der Waals surface area contributed by atoms with Crippen LogP contribution in [-0.2, 0) is 14.8 Å². The molecule has 25 heavy (non-hydrogen) atoms. The van der Waals surface area contributed by atoms with Crippen LogP contribution in [0.2, 0.25) is 0 Å². The number of anilines is 1. The number of carbonyl (C=O) groups is 2. The molecule has 2 aliphatic rings. The third-order valence-electron chi connectivity index (χ3n) is 4.40. The van der Waals surface area contributed by atoms with Crippen LogP contribution in [0.3, 0.4) is 0 Å². The van der Waals surface area contributed by atoms with E-state index in [1.807, 2.05) is 0 Å². The maximum atomic E-state index is 12.5. The number of hydrogen-bond acceptors (Lipinski definition) is 4. The van der Waals surface area contributed by atoms with Crippen molar-refractivity contribution in [3.63, 3.8) is 0 Å². The lowest BCUT2D eigenvalue weighted by Gasteiger charge is -2.33. The van der Waals surface area contributed by atoms with E-state index in [0.717, 1.165) is 12.8 Å². The van der Waals surface area contributed by atoms with Gasteiger partial charge in [-0.1, -0.05) is 15.9 Å². The molecule has 0 unspecified atom stereocenters. The Morgan fingerprint density at radius 2 is 1.68 bits per heavy atom. The Morgan fingerprint density at radius 3 is 2.20 bits per heavy atom. The number of hydrogen-bond donors (Lipinski definition) is 1. The summed E-state index contributed by atoms with van der Waals surface area (Å²) in [5, 5.41) is 2.84. The van der Waals surface area contributed by atoms with Crippen LogP contribution in [0.4, 0.5) is 5.69 Å². The van der Waals surface area contributed by atoms with E-state index >= 15 is 0 Å². The van der Waals surface area contributed by atoms with Gasteiger partial charge in [-0.05, 0) is 37.1 Å². The molecular weight excluding hydrogens is 410 g/mol. The van der Waals surface area contributed by atoms with E-state index in [4.69, 9.17) is 0 Å². The molecule has 136 valence electrons. The molecule has 1 N–H and O–H groups in total. The van der Waals surface area contributed by atoms with Gasteiger partial charge in [0.05, 0.1) is 0 Å². The lowest BCUT2D eigenvalue weighted by atomic mass is 10.1. The molecular formula is C16H20BrN3O4S. The summed E-state index contributed by atoms with van der Waals surface area (Å²) in [6.45, 7) is 1.33. The Bertz CT molecular complexity index is 754. The number of rotatable bonds is 5. The van der Waals surface area contributed by atoms with Gasteiger partial charge in [0.15, 0.2) is 0 Å². The summed E-state index contributed by atoms with van der Waals surface area (Å²) in [6, 6.07) is 6.82. The molecule has 0 aromatic heterocycles. The van der Waals surface area contributed by atoms with Crippen molar-refractivity contribution < 1.29 is 18.0 Å². The van der Waals surface area contributed by atoms with E-state index in [2.05, 4.69) is 21.2 Å². The SMILES string of the molecule is O=C(Nc1ccc(C(=O)N2CCN(S(=O)(=O)CBr)CC2)cc1)C1CC1. The first-order valence-corrected chi connectivity index (χ1v) is 10.9. The molecule has 0 radical (unpaired) electrons. The molecule has 1 aromatic carbocycles. The highest BCUT2D eigenvalue weighted by atomic mass is 79.9. The van der Waals surface area contributed by atoms with E-state index in [1.54, 1.807) is 29.2 Å². The molecule has 1 saturated heterocycles. The second-order valence-corrected chi connectivity index (χ2v) is 9.53. The number of carbonyl (C=O) groups excluding carboxylic acids is 2. The molecule has 1 aromatic rings. The number of benzene rings is 1. The summed E-state index contributed by atoms with van der Waals surface area (Å²) in [5.41, 5.74) is 1.21. The van der Waals surface area contributed by atoms with E-state index < -0.39 is 10.0 Å². The van der Waals surface area contributed by atoms with Crippen molar-refractivity contribution in [1.29, 1.82) is 0 Å². The van der Waals surface area contributed by atoms with Gasteiger partial charge in [-0.3, -0.25) is 9.59 Å². The molecule has 1 saturated carbocycles. The van der Waals surface area contributed by atoms with E-state index in [-0.39, 0.29) is 22.4 Å². The predicted octanol–water partition coefficient (Wildman–Crippen LogP) is 1.48. The van der Waals surface area contributed by atoms with Crippen LogP contribution < -0.4 is 5.32 Å². The molecule has 3 rings (SSSR count). The molecule has 0 atom stereocenters. The van der Waals surface area contributed by atoms with Gasteiger partial charge in [-0.2, -0.15) is 4.31 Å². The summed E-state index contributed by atoms with van der Waals surface area (Å²) >= 11 is 2.98. The summed E-state index contributed by atoms with van der Waals surface area (Å²) in [4.78, 5) is 25.9. The maximum absolute atomic E-state index is 12.5. The van der Waals surface area contributed by atoms with Crippen molar-refractivity contribution in [3.8, 4) is 0 Å². The number of piperazine rings is 1. The zero-order valence-electron chi connectivity index (χ0n) is 13.7. The fraction of sp³-hybridized carbons (Fsp3) is 0.500. The van der Waals surface area contributed by atoms with Crippen LogP contribution in [0.15, 0.2) is 24.3 Å². The Balaban J connectivity index is 1.57. The van der Waals surface area contributed by atoms with Gasteiger partial charge in [0, 0.05) is 43.3 Å². The molecule has 1 heterocycles. The maximum Gasteiger partial charge on any atom is 0.253 e. The molecule has 1 aliphatic heterocycles. The van der Waals surface area contributed by atoms with E-state index in [1.165, 1.54) is 4.31 Å². The van der Waals surface area contributed by atoms with Crippen molar-refractivity contribution in [2.45, 2.75) is 12.8 Å². The monoisotopic (exact) mass is 429 g/mol. The zero-order valence-corrected chi connectivity index (χ0v) is 16.1. The predicted molar refractivity (Wildman–Crippen MR) is 98.0 cm³/mol. The van der Waals surface area contributed by atoms with Crippen LogP contribution in [0.5, 0.6) is 0 Å².